The number of halogens is 7. The Kier molecular flexibility index (Phi) is 5.41. The van der Waals surface area contributed by atoms with Crippen molar-refractivity contribution in [3.05, 3.63) is 35.4 Å². The molecule has 1 aromatic carbocycles. The van der Waals surface area contributed by atoms with Crippen LogP contribution in [0.1, 0.15) is 25.0 Å². The van der Waals surface area contributed by atoms with Crippen molar-refractivity contribution >= 4 is 0 Å². The molecule has 0 radical (unpaired) electrons. The zero-order chi connectivity index (χ0) is 15.5. The predicted molar refractivity (Wildman–Crippen MR) is 57.4 cm³/mol. The fourth-order valence-corrected chi connectivity index (χ4v) is 1.27. The zero-order valence-electron chi connectivity index (χ0n) is 10.5. The van der Waals surface area contributed by atoms with Crippen molar-refractivity contribution in [3.63, 3.8) is 0 Å². The highest BCUT2D eigenvalue weighted by Crippen LogP contribution is 2.53. The largest absolute Gasteiger partial charge is 0.435 e. The summed E-state index contributed by atoms with van der Waals surface area (Å²) in [6.45, 7) is 5.46. The third-order valence-electron chi connectivity index (χ3n) is 2.23. The van der Waals surface area contributed by atoms with E-state index in [0.717, 1.165) is 12.1 Å². The third kappa shape index (κ3) is 3.39. The molecule has 0 bridgehead atoms. The van der Waals surface area contributed by atoms with Gasteiger partial charge >= 0.3 is 18.0 Å². The van der Waals surface area contributed by atoms with E-state index in [4.69, 9.17) is 0 Å². The van der Waals surface area contributed by atoms with Gasteiger partial charge in [0.1, 0.15) is 0 Å². The van der Waals surface area contributed by atoms with E-state index in [9.17, 15) is 30.7 Å². The summed E-state index contributed by atoms with van der Waals surface area (Å²) < 4.78 is 87.2. The van der Waals surface area contributed by atoms with Crippen LogP contribution in [0.4, 0.5) is 30.7 Å². The second-order valence-corrected chi connectivity index (χ2v) is 3.52. The smallest absolute Gasteiger partial charge is 0.218 e. The van der Waals surface area contributed by atoms with Gasteiger partial charge in [-0.2, -0.15) is 26.3 Å². The Morgan fingerprint density at radius 2 is 1.00 bits per heavy atom. The highest BCUT2D eigenvalue weighted by molar-refractivity contribution is 5.29. The second kappa shape index (κ2) is 5.79. The molecule has 0 aliphatic rings. The van der Waals surface area contributed by atoms with Crippen LogP contribution in [0.15, 0.2) is 24.3 Å². The van der Waals surface area contributed by atoms with Crippen LogP contribution >= 0.6 is 0 Å². The fraction of sp³-hybridized carbons (Fsp3) is 0.500. The Balaban J connectivity index is 0.00000154. The van der Waals surface area contributed by atoms with Gasteiger partial charge < -0.3 is 0 Å². The van der Waals surface area contributed by atoms with E-state index in [1.165, 1.54) is 6.92 Å². The first-order valence-corrected chi connectivity index (χ1v) is 5.39. The average Bonchev–Trinajstić information content (AvgIpc) is 2.28. The molecule has 0 aliphatic heterocycles. The van der Waals surface area contributed by atoms with E-state index >= 15 is 0 Å². The van der Waals surface area contributed by atoms with Crippen LogP contribution in [0.3, 0.4) is 0 Å². The minimum atomic E-state index is -6.06. The van der Waals surface area contributed by atoms with Crippen molar-refractivity contribution < 1.29 is 30.7 Å². The van der Waals surface area contributed by atoms with Gasteiger partial charge in [0, 0.05) is 5.56 Å². The summed E-state index contributed by atoms with van der Waals surface area (Å²) in [5.74, 6) is 0. The number of hydrogen-bond acceptors (Lipinski definition) is 0. The topological polar surface area (TPSA) is 0 Å². The molecule has 0 heterocycles. The number of rotatable bonds is 1. The van der Waals surface area contributed by atoms with Crippen molar-refractivity contribution in [1.82, 2.24) is 0 Å². The summed E-state index contributed by atoms with van der Waals surface area (Å²) in [4.78, 5) is 0. The number of aryl methyl sites for hydroxylation is 1. The zero-order valence-corrected chi connectivity index (χ0v) is 10.5. The minimum absolute atomic E-state index is 0.431. The molecule has 0 saturated carbocycles. The van der Waals surface area contributed by atoms with Crippen molar-refractivity contribution in [1.29, 1.82) is 0 Å². The Morgan fingerprint density at radius 1 is 0.684 bits per heavy atom. The van der Waals surface area contributed by atoms with E-state index in [1.807, 2.05) is 13.8 Å². The highest BCUT2D eigenvalue weighted by atomic mass is 19.4. The molecule has 0 atom stereocenters. The van der Waals surface area contributed by atoms with Crippen LogP contribution in [0.2, 0.25) is 0 Å². The minimum Gasteiger partial charge on any atom is -0.218 e. The SMILES string of the molecule is CC.Cc1ccc(C(F)(C(F)(F)F)C(F)(F)F)cc1. The van der Waals surface area contributed by atoms with Crippen molar-refractivity contribution in [2.24, 2.45) is 0 Å². The van der Waals surface area contributed by atoms with Crippen molar-refractivity contribution in [2.75, 3.05) is 0 Å². The fourth-order valence-electron chi connectivity index (χ4n) is 1.27. The van der Waals surface area contributed by atoms with Crippen LogP contribution in [-0.2, 0) is 5.67 Å². The van der Waals surface area contributed by atoms with Crippen LogP contribution in [0.25, 0.3) is 0 Å². The van der Waals surface area contributed by atoms with Gasteiger partial charge in [-0.15, -0.1) is 0 Å². The number of hydrogen-bond donors (Lipinski definition) is 0. The number of benzene rings is 1. The van der Waals surface area contributed by atoms with E-state index in [-0.39, 0.29) is 0 Å². The van der Waals surface area contributed by atoms with E-state index in [0.29, 0.717) is 17.7 Å². The molecule has 0 fully saturated rings. The van der Waals surface area contributed by atoms with Crippen LogP contribution in [0.5, 0.6) is 0 Å². The highest BCUT2D eigenvalue weighted by Gasteiger charge is 2.73. The van der Waals surface area contributed by atoms with Gasteiger partial charge in [0.25, 0.3) is 0 Å². The van der Waals surface area contributed by atoms with Crippen LogP contribution in [-0.4, -0.2) is 12.4 Å². The molecule has 1 aromatic rings. The molecule has 0 aromatic heterocycles. The lowest BCUT2D eigenvalue weighted by Gasteiger charge is -2.30. The van der Waals surface area contributed by atoms with Crippen molar-refractivity contribution in [2.45, 2.75) is 38.8 Å². The standard InChI is InChI=1S/C10H7F7.C2H6/c1-6-2-4-7(5-3-6)8(11,9(12,13)14)10(15,16)17;1-2/h2-5H,1H3;1-2H3. The summed E-state index contributed by atoms with van der Waals surface area (Å²) in [5, 5.41) is 0. The van der Waals surface area contributed by atoms with Crippen LogP contribution in [0, 0.1) is 6.92 Å². The molecule has 0 spiro atoms. The molecular formula is C12H13F7. The molecule has 1 rings (SSSR count). The molecule has 0 unspecified atom stereocenters. The molecule has 0 amide bonds. The maximum atomic E-state index is 13.4. The molecule has 19 heavy (non-hydrogen) atoms. The van der Waals surface area contributed by atoms with Gasteiger partial charge in [-0.1, -0.05) is 43.7 Å². The normalized spacial score (nSPS) is 12.7. The molecule has 110 valence electrons. The maximum absolute atomic E-state index is 13.4. The summed E-state index contributed by atoms with van der Waals surface area (Å²) in [5.41, 5.74) is -6.38. The quantitative estimate of drug-likeness (QED) is 0.615. The van der Waals surface area contributed by atoms with E-state index < -0.39 is 23.6 Å². The summed E-state index contributed by atoms with van der Waals surface area (Å²) in [6, 6.07) is 2.94. The van der Waals surface area contributed by atoms with Crippen molar-refractivity contribution in [3.8, 4) is 0 Å². The first-order chi connectivity index (χ1) is 8.50. The molecule has 7 heteroatoms. The number of alkyl halides is 7. The Morgan fingerprint density at radius 3 is 1.26 bits per heavy atom. The lowest BCUT2D eigenvalue weighted by molar-refractivity contribution is -0.348. The summed E-state index contributed by atoms with van der Waals surface area (Å²) in [7, 11) is 0. The lowest BCUT2D eigenvalue weighted by atomic mass is 9.93. The van der Waals surface area contributed by atoms with Crippen LogP contribution < -0.4 is 0 Å². The molecular weight excluding hydrogens is 277 g/mol. The van der Waals surface area contributed by atoms with Gasteiger partial charge in [0.15, 0.2) is 0 Å². The molecule has 0 nitrogen and oxygen atoms in total. The average molecular weight is 290 g/mol. The molecule has 0 saturated heterocycles. The predicted octanol–water partition coefficient (Wildman–Crippen LogP) is 5.31. The summed E-state index contributed by atoms with van der Waals surface area (Å²) >= 11 is 0. The molecule has 0 N–H and O–H groups in total. The first kappa shape index (κ1) is 17.7. The maximum Gasteiger partial charge on any atom is 0.435 e. The Bertz CT molecular complexity index is 372. The Labute approximate surface area is 106 Å². The summed E-state index contributed by atoms with van der Waals surface area (Å²) in [6.07, 6.45) is -12.1. The van der Waals surface area contributed by atoms with E-state index in [1.54, 1.807) is 0 Å². The van der Waals surface area contributed by atoms with Gasteiger partial charge in [-0.3, -0.25) is 0 Å². The lowest BCUT2D eigenvalue weighted by Crippen LogP contribution is -2.50. The third-order valence-corrected chi connectivity index (χ3v) is 2.23. The Hall–Kier alpha value is -1.27. The van der Waals surface area contributed by atoms with E-state index in [2.05, 4.69) is 0 Å². The van der Waals surface area contributed by atoms with Gasteiger partial charge in [-0.25, -0.2) is 4.39 Å². The van der Waals surface area contributed by atoms with Gasteiger partial charge in [0.05, 0.1) is 0 Å². The monoisotopic (exact) mass is 290 g/mol. The van der Waals surface area contributed by atoms with Gasteiger partial charge in [0.2, 0.25) is 0 Å². The first-order valence-electron chi connectivity index (χ1n) is 5.39. The van der Waals surface area contributed by atoms with Gasteiger partial charge in [-0.05, 0) is 6.92 Å². The second-order valence-electron chi connectivity index (χ2n) is 3.52. The molecule has 0 aliphatic carbocycles.